The van der Waals surface area contributed by atoms with Crippen molar-refractivity contribution in [2.75, 3.05) is 0 Å². The average molecular weight is 144 g/mol. The molecule has 0 aliphatic carbocycles. The van der Waals surface area contributed by atoms with Crippen molar-refractivity contribution in [3.05, 3.63) is 23.8 Å². The van der Waals surface area contributed by atoms with E-state index in [1.54, 1.807) is 0 Å². The summed E-state index contributed by atoms with van der Waals surface area (Å²) in [7, 11) is 0. The zero-order valence-corrected chi connectivity index (χ0v) is 5.60. The van der Waals surface area contributed by atoms with Crippen molar-refractivity contribution in [1.82, 2.24) is 5.32 Å². The Bertz CT molecular complexity index is 171. The van der Waals surface area contributed by atoms with Crippen molar-refractivity contribution in [3.63, 3.8) is 0 Å². The minimum Gasteiger partial charge on any atom is -0.385 e. The predicted molar refractivity (Wildman–Crippen MR) is 36.3 cm³/mol. The number of allylic oxidation sites excluding steroid dienone is 3. The summed E-state index contributed by atoms with van der Waals surface area (Å²) in [5.41, 5.74) is 5.14. The zero-order chi connectivity index (χ0) is 7.98. The first-order valence-electron chi connectivity index (χ1n) is 2.66. The van der Waals surface area contributed by atoms with Gasteiger partial charge in [-0.15, -0.1) is 0 Å². The molecule has 4 heteroatoms. The third-order valence-corrected chi connectivity index (χ3v) is 0.718. The molecule has 3 nitrogen and oxygen atoms in total. The number of hydrogen-bond donors (Lipinski definition) is 2. The number of hydrogen-bond acceptors (Lipinski definition) is 2. The maximum atomic E-state index is 11.9. The van der Waals surface area contributed by atoms with Gasteiger partial charge < -0.3 is 11.1 Å². The lowest BCUT2D eigenvalue weighted by atomic mass is 10.4. The third-order valence-electron chi connectivity index (χ3n) is 0.718. The molecule has 10 heavy (non-hydrogen) atoms. The maximum absolute atomic E-state index is 11.9. The lowest BCUT2D eigenvalue weighted by molar-refractivity contribution is -0.108. The Morgan fingerprint density at radius 2 is 2.20 bits per heavy atom. The number of carbonyl (C=O) groups is 1. The second-order valence-electron chi connectivity index (χ2n) is 1.64. The zero-order valence-electron chi connectivity index (χ0n) is 5.60. The van der Waals surface area contributed by atoms with Crippen molar-refractivity contribution in [1.29, 1.82) is 0 Å². The highest BCUT2D eigenvalue weighted by atomic mass is 19.1. The van der Waals surface area contributed by atoms with E-state index in [0.717, 1.165) is 6.08 Å². The van der Waals surface area contributed by atoms with Gasteiger partial charge in [0.2, 0.25) is 6.41 Å². The van der Waals surface area contributed by atoms with E-state index in [0.29, 0.717) is 6.41 Å². The second-order valence-corrected chi connectivity index (χ2v) is 1.64. The van der Waals surface area contributed by atoms with E-state index in [1.165, 1.54) is 13.0 Å². The molecule has 0 atom stereocenters. The van der Waals surface area contributed by atoms with Crippen LogP contribution in [0.2, 0.25) is 0 Å². The van der Waals surface area contributed by atoms with Crippen LogP contribution in [0.3, 0.4) is 0 Å². The molecule has 3 N–H and O–H groups in total. The van der Waals surface area contributed by atoms with Gasteiger partial charge in [-0.05, 0) is 19.1 Å². The Morgan fingerprint density at radius 1 is 1.60 bits per heavy atom. The van der Waals surface area contributed by atoms with Gasteiger partial charge in [0.1, 0.15) is 5.82 Å². The van der Waals surface area contributed by atoms with E-state index >= 15 is 0 Å². The summed E-state index contributed by atoms with van der Waals surface area (Å²) in [6.45, 7) is 1.28. The van der Waals surface area contributed by atoms with Gasteiger partial charge in [0, 0.05) is 0 Å². The third kappa shape index (κ3) is 4.83. The summed E-state index contributed by atoms with van der Waals surface area (Å²) in [6, 6.07) is 0. The Morgan fingerprint density at radius 3 is 2.60 bits per heavy atom. The number of halogens is 1. The summed E-state index contributed by atoms with van der Waals surface area (Å²) in [5.74, 6) is -0.248. The van der Waals surface area contributed by atoms with Crippen LogP contribution in [0, 0.1) is 0 Å². The normalized spacial score (nSPS) is 13.0. The lowest BCUT2D eigenvalue weighted by Gasteiger charge is -1.92. The standard InChI is InChI=1S/C6H9FN2O/c1-5(7)2-3-6(8)9-4-10/h2-4H,8H2,1H3,(H,9,10)/b5-2+,6-3+. The molecule has 0 aromatic rings. The van der Waals surface area contributed by atoms with Crippen LogP contribution in [0.4, 0.5) is 4.39 Å². The van der Waals surface area contributed by atoms with Crippen molar-refractivity contribution in [3.8, 4) is 0 Å². The molecule has 0 heterocycles. The number of amides is 1. The van der Waals surface area contributed by atoms with Gasteiger partial charge in [-0.1, -0.05) is 0 Å². The van der Waals surface area contributed by atoms with E-state index in [9.17, 15) is 9.18 Å². The molecule has 0 aromatic heterocycles. The van der Waals surface area contributed by atoms with Gasteiger partial charge in [-0.3, -0.25) is 4.79 Å². The topological polar surface area (TPSA) is 55.1 Å². The van der Waals surface area contributed by atoms with Crippen molar-refractivity contribution in [2.45, 2.75) is 6.92 Å². The fraction of sp³-hybridized carbons (Fsp3) is 0.167. The van der Waals surface area contributed by atoms with Gasteiger partial charge in [0.15, 0.2) is 0 Å². The molecule has 0 aliphatic heterocycles. The van der Waals surface area contributed by atoms with Gasteiger partial charge in [0.05, 0.1) is 5.83 Å². The monoisotopic (exact) mass is 144 g/mol. The van der Waals surface area contributed by atoms with E-state index in [4.69, 9.17) is 5.73 Å². The maximum Gasteiger partial charge on any atom is 0.212 e. The molecule has 1 amide bonds. The quantitative estimate of drug-likeness (QED) is 0.445. The lowest BCUT2D eigenvalue weighted by Crippen LogP contribution is -2.17. The molecule has 56 valence electrons. The highest BCUT2D eigenvalue weighted by Gasteiger charge is 1.82. The van der Waals surface area contributed by atoms with E-state index in [1.807, 2.05) is 0 Å². The SMILES string of the molecule is C/C(F)=C\C=C(/N)NC=O. The second kappa shape index (κ2) is 4.55. The van der Waals surface area contributed by atoms with Crippen LogP contribution in [0.25, 0.3) is 0 Å². The molecule has 0 saturated heterocycles. The van der Waals surface area contributed by atoms with E-state index in [2.05, 4.69) is 5.32 Å². The van der Waals surface area contributed by atoms with Gasteiger partial charge in [0.25, 0.3) is 0 Å². The van der Waals surface area contributed by atoms with Crippen LogP contribution in [0.15, 0.2) is 23.8 Å². The van der Waals surface area contributed by atoms with Gasteiger partial charge >= 0.3 is 0 Å². The molecule has 0 unspecified atom stereocenters. The van der Waals surface area contributed by atoms with Crippen LogP contribution in [0.5, 0.6) is 0 Å². The molecule has 0 bridgehead atoms. The first kappa shape index (κ1) is 8.68. The fourth-order valence-corrected chi connectivity index (χ4v) is 0.321. The first-order chi connectivity index (χ1) is 4.66. The largest absolute Gasteiger partial charge is 0.385 e. The minimum atomic E-state index is -0.365. The Labute approximate surface area is 58.4 Å². The molecule has 0 rings (SSSR count). The summed E-state index contributed by atoms with van der Waals surface area (Å²) >= 11 is 0. The molecule has 0 spiro atoms. The van der Waals surface area contributed by atoms with Crippen molar-refractivity contribution < 1.29 is 9.18 Å². The predicted octanol–water partition coefficient (Wildman–Crippen LogP) is 0.406. The molecule has 0 saturated carbocycles. The Kier molecular flexibility index (Phi) is 3.95. The number of nitrogens with two attached hydrogens (primary N) is 1. The molecule has 0 fully saturated rings. The fourth-order valence-electron chi connectivity index (χ4n) is 0.321. The highest BCUT2D eigenvalue weighted by Crippen LogP contribution is 1.92. The molecular weight excluding hydrogens is 135 g/mol. The number of carbonyl (C=O) groups excluding carboxylic acids is 1. The van der Waals surface area contributed by atoms with Crippen LogP contribution in [-0.2, 0) is 4.79 Å². The van der Waals surface area contributed by atoms with Crippen LogP contribution < -0.4 is 11.1 Å². The Hall–Kier alpha value is -1.32. The summed E-state index contributed by atoms with van der Waals surface area (Å²) in [4.78, 5) is 9.71. The smallest absolute Gasteiger partial charge is 0.212 e. The van der Waals surface area contributed by atoms with E-state index < -0.39 is 0 Å². The number of rotatable bonds is 3. The molecular formula is C6H9FN2O. The summed E-state index contributed by atoms with van der Waals surface area (Å²) in [6.07, 6.45) is 2.85. The first-order valence-corrected chi connectivity index (χ1v) is 2.66. The Balaban J connectivity index is 3.91. The average Bonchev–Trinajstić information content (AvgIpc) is 1.85. The van der Waals surface area contributed by atoms with Crippen LogP contribution in [0.1, 0.15) is 6.92 Å². The minimum absolute atomic E-state index is 0.118. The summed E-state index contributed by atoms with van der Waals surface area (Å²) < 4.78 is 11.9. The van der Waals surface area contributed by atoms with Gasteiger partial charge in [-0.25, -0.2) is 4.39 Å². The van der Waals surface area contributed by atoms with E-state index in [-0.39, 0.29) is 11.6 Å². The molecule has 0 radical (unpaired) electrons. The molecule has 0 aromatic carbocycles. The summed E-state index contributed by atoms with van der Waals surface area (Å²) in [5, 5.41) is 2.15. The molecule has 0 aliphatic rings. The van der Waals surface area contributed by atoms with Crippen LogP contribution >= 0.6 is 0 Å². The number of nitrogens with one attached hydrogen (secondary N) is 1. The van der Waals surface area contributed by atoms with Crippen molar-refractivity contribution in [2.24, 2.45) is 5.73 Å². The van der Waals surface area contributed by atoms with Crippen LogP contribution in [-0.4, -0.2) is 6.41 Å². The van der Waals surface area contributed by atoms with Gasteiger partial charge in [-0.2, -0.15) is 0 Å². The van der Waals surface area contributed by atoms with Crippen molar-refractivity contribution >= 4 is 6.41 Å². The highest BCUT2D eigenvalue weighted by molar-refractivity contribution is 5.49.